The quantitative estimate of drug-likeness (QED) is 0.455. The molecule has 1 aliphatic rings. The van der Waals surface area contributed by atoms with Crippen LogP contribution in [0.1, 0.15) is 75.1 Å². The zero-order valence-corrected chi connectivity index (χ0v) is 17.7. The first-order chi connectivity index (χ1) is 13.7. The Morgan fingerprint density at radius 1 is 0.964 bits per heavy atom. The first-order valence-corrected chi connectivity index (χ1v) is 10.9. The van der Waals surface area contributed by atoms with Crippen LogP contribution in [0.2, 0.25) is 0 Å². The third kappa shape index (κ3) is 5.75. The molecule has 0 amide bonds. The van der Waals surface area contributed by atoms with Gasteiger partial charge in [0.2, 0.25) is 0 Å². The summed E-state index contributed by atoms with van der Waals surface area (Å²) in [6.07, 6.45) is 6.02. The molecular formula is C25H35NO2. The number of hydrogen-bond donors (Lipinski definition) is 1. The van der Waals surface area contributed by atoms with E-state index < -0.39 is 0 Å². The molecule has 0 spiro atoms. The van der Waals surface area contributed by atoms with Gasteiger partial charge in [-0.1, -0.05) is 30.3 Å². The molecule has 0 radical (unpaired) electrons. The molecule has 0 aromatic heterocycles. The Balaban J connectivity index is 1.58. The van der Waals surface area contributed by atoms with Crippen molar-refractivity contribution in [3.63, 3.8) is 0 Å². The fraction of sp³-hybridized carbons (Fsp3) is 0.520. The van der Waals surface area contributed by atoms with E-state index in [9.17, 15) is 0 Å². The van der Waals surface area contributed by atoms with Crippen molar-refractivity contribution in [1.82, 2.24) is 5.32 Å². The molecule has 3 rings (SSSR count). The van der Waals surface area contributed by atoms with Crippen LogP contribution in [0.25, 0.3) is 0 Å². The van der Waals surface area contributed by atoms with Crippen LogP contribution in [0, 0.1) is 0 Å². The molecular weight excluding hydrogens is 346 g/mol. The number of ether oxygens (including phenoxy) is 2. The molecule has 1 fully saturated rings. The molecule has 0 saturated heterocycles. The van der Waals surface area contributed by atoms with E-state index in [0.29, 0.717) is 19.1 Å². The number of benzene rings is 2. The Hall–Kier alpha value is -2.00. The maximum absolute atomic E-state index is 6.00. The highest BCUT2D eigenvalue weighted by Crippen LogP contribution is 2.49. The summed E-state index contributed by atoms with van der Waals surface area (Å²) in [4.78, 5) is 0. The van der Waals surface area contributed by atoms with Crippen molar-refractivity contribution in [2.75, 3.05) is 19.8 Å². The SMILES string of the molecule is CCOc1cc([C@@H](C)NCCCCc2ccccc2)cc(OCC)c1C1CC1. The highest BCUT2D eigenvalue weighted by atomic mass is 16.5. The minimum absolute atomic E-state index is 0.281. The first-order valence-electron chi connectivity index (χ1n) is 10.9. The summed E-state index contributed by atoms with van der Waals surface area (Å²) < 4.78 is 12.0. The Morgan fingerprint density at radius 2 is 1.61 bits per heavy atom. The standard InChI is InChI=1S/C25H35NO2/c1-4-27-23-17-22(18-24(28-5-2)25(23)21-14-15-21)19(3)26-16-10-9-13-20-11-7-6-8-12-20/h6-8,11-12,17-19,21,26H,4-5,9-10,13-16H2,1-3H3/t19-/m1/s1. The van der Waals surface area contributed by atoms with Gasteiger partial charge in [0, 0.05) is 11.6 Å². The van der Waals surface area contributed by atoms with E-state index in [4.69, 9.17) is 9.47 Å². The van der Waals surface area contributed by atoms with E-state index in [-0.39, 0.29) is 6.04 Å². The van der Waals surface area contributed by atoms with Gasteiger partial charge in [-0.05, 0) is 88.6 Å². The number of unbranched alkanes of at least 4 members (excludes halogenated alkanes) is 1. The van der Waals surface area contributed by atoms with E-state index >= 15 is 0 Å². The highest BCUT2D eigenvalue weighted by molar-refractivity contribution is 5.52. The largest absolute Gasteiger partial charge is 0.493 e. The summed E-state index contributed by atoms with van der Waals surface area (Å²) in [6.45, 7) is 8.74. The van der Waals surface area contributed by atoms with Gasteiger partial charge in [0.25, 0.3) is 0 Å². The number of rotatable bonds is 12. The molecule has 1 N–H and O–H groups in total. The summed E-state index contributed by atoms with van der Waals surface area (Å²) in [6, 6.07) is 15.5. The molecule has 0 bridgehead atoms. The van der Waals surface area contributed by atoms with Crippen molar-refractivity contribution in [2.24, 2.45) is 0 Å². The average molecular weight is 382 g/mol. The Labute approximate surface area is 170 Å². The fourth-order valence-electron chi connectivity index (χ4n) is 3.73. The van der Waals surface area contributed by atoms with Crippen LogP contribution in [0.4, 0.5) is 0 Å². The maximum Gasteiger partial charge on any atom is 0.126 e. The predicted octanol–water partition coefficient (Wildman–Crippen LogP) is 6.03. The van der Waals surface area contributed by atoms with Gasteiger partial charge in [0.15, 0.2) is 0 Å². The van der Waals surface area contributed by atoms with E-state index in [1.165, 1.54) is 42.4 Å². The molecule has 1 aliphatic carbocycles. The van der Waals surface area contributed by atoms with Crippen LogP contribution in [0.3, 0.4) is 0 Å². The van der Waals surface area contributed by atoms with Crippen molar-refractivity contribution in [1.29, 1.82) is 0 Å². The van der Waals surface area contributed by atoms with Crippen LogP contribution >= 0.6 is 0 Å². The Bertz CT molecular complexity index is 698. The lowest BCUT2D eigenvalue weighted by molar-refractivity contribution is 0.315. The molecule has 3 heteroatoms. The van der Waals surface area contributed by atoms with Crippen molar-refractivity contribution in [3.8, 4) is 11.5 Å². The second kappa shape index (κ2) is 10.5. The third-order valence-electron chi connectivity index (χ3n) is 5.40. The van der Waals surface area contributed by atoms with Gasteiger partial charge in [-0.2, -0.15) is 0 Å². The molecule has 1 saturated carbocycles. The number of hydrogen-bond acceptors (Lipinski definition) is 3. The van der Waals surface area contributed by atoms with Gasteiger partial charge < -0.3 is 14.8 Å². The van der Waals surface area contributed by atoms with E-state index in [2.05, 4.69) is 68.6 Å². The monoisotopic (exact) mass is 381 g/mol. The average Bonchev–Trinajstić information content (AvgIpc) is 3.53. The van der Waals surface area contributed by atoms with Crippen LogP contribution in [-0.2, 0) is 6.42 Å². The topological polar surface area (TPSA) is 30.5 Å². The Morgan fingerprint density at radius 3 is 2.18 bits per heavy atom. The minimum atomic E-state index is 0.281. The number of aryl methyl sites for hydroxylation is 1. The normalized spacial score (nSPS) is 14.7. The summed E-state index contributed by atoms with van der Waals surface area (Å²) in [5, 5.41) is 3.68. The first kappa shape index (κ1) is 20.7. The van der Waals surface area contributed by atoms with E-state index in [1.807, 2.05) is 0 Å². The van der Waals surface area contributed by atoms with Gasteiger partial charge in [0.1, 0.15) is 11.5 Å². The second-order valence-electron chi connectivity index (χ2n) is 7.69. The summed E-state index contributed by atoms with van der Waals surface area (Å²) in [7, 11) is 0. The van der Waals surface area contributed by atoms with Crippen LogP contribution in [-0.4, -0.2) is 19.8 Å². The number of nitrogens with one attached hydrogen (secondary N) is 1. The smallest absolute Gasteiger partial charge is 0.126 e. The zero-order chi connectivity index (χ0) is 19.8. The molecule has 3 nitrogen and oxygen atoms in total. The van der Waals surface area contributed by atoms with Crippen molar-refractivity contribution < 1.29 is 9.47 Å². The van der Waals surface area contributed by atoms with Crippen molar-refractivity contribution in [3.05, 3.63) is 59.2 Å². The van der Waals surface area contributed by atoms with E-state index in [1.54, 1.807) is 0 Å². The predicted molar refractivity (Wildman–Crippen MR) is 117 cm³/mol. The van der Waals surface area contributed by atoms with Gasteiger partial charge >= 0.3 is 0 Å². The molecule has 0 aliphatic heterocycles. The molecule has 152 valence electrons. The zero-order valence-electron chi connectivity index (χ0n) is 17.7. The van der Waals surface area contributed by atoms with Crippen LogP contribution < -0.4 is 14.8 Å². The fourth-order valence-corrected chi connectivity index (χ4v) is 3.73. The van der Waals surface area contributed by atoms with E-state index in [0.717, 1.165) is 24.5 Å². The molecule has 1 atom stereocenters. The van der Waals surface area contributed by atoms with Crippen molar-refractivity contribution in [2.45, 2.75) is 64.8 Å². The minimum Gasteiger partial charge on any atom is -0.493 e. The van der Waals surface area contributed by atoms with Gasteiger partial charge in [-0.15, -0.1) is 0 Å². The molecule has 2 aromatic carbocycles. The molecule has 0 heterocycles. The summed E-state index contributed by atoms with van der Waals surface area (Å²) >= 11 is 0. The van der Waals surface area contributed by atoms with Gasteiger partial charge in [0.05, 0.1) is 13.2 Å². The lowest BCUT2D eigenvalue weighted by atomic mass is 10.0. The summed E-state index contributed by atoms with van der Waals surface area (Å²) in [5.74, 6) is 2.64. The van der Waals surface area contributed by atoms with Crippen molar-refractivity contribution >= 4 is 0 Å². The van der Waals surface area contributed by atoms with Gasteiger partial charge in [-0.3, -0.25) is 0 Å². The third-order valence-corrected chi connectivity index (χ3v) is 5.40. The van der Waals surface area contributed by atoms with Crippen LogP contribution in [0.15, 0.2) is 42.5 Å². The highest BCUT2D eigenvalue weighted by Gasteiger charge is 2.31. The maximum atomic E-state index is 6.00. The van der Waals surface area contributed by atoms with Gasteiger partial charge in [-0.25, -0.2) is 0 Å². The molecule has 28 heavy (non-hydrogen) atoms. The lowest BCUT2D eigenvalue weighted by Gasteiger charge is -2.21. The Kier molecular flexibility index (Phi) is 7.79. The second-order valence-corrected chi connectivity index (χ2v) is 7.69. The molecule has 2 aromatic rings. The summed E-state index contributed by atoms with van der Waals surface area (Å²) in [5.41, 5.74) is 3.95. The van der Waals surface area contributed by atoms with Crippen LogP contribution in [0.5, 0.6) is 11.5 Å². The lowest BCUT2D eigenvalue weighted by Crippen LogP contribution is -2.20. The molecule has 0 unspecified atom stereocenters.